The molecule has 0 bridgehead atoms. The molecule has 3 nitrogen and oxygen atoms in total. The van der Waals surface area contributed by atoms with E-state index in [1.54, 1.807) is 0 Å². The highest BCUT2D eigenvalue weighted by Gasteiger charge is 2.22. The van der Waals surface area contributed by atoms with E-state index in [0.29, 0.717) is 5.92 Å². The Morgan fingerprint density at radius 2 is 2.08 bits per heavy atom. The molecular formula is C9H18O3Si. The van der Waals surface area contributed by atoms with Crippen LogP contribution < -0.4 is 0 Å². The molecular weight excluding hydrogens is 184 g/mol. The molecule has 0 heterocycles. The molecule has 0 aliphatic heterocycles. The van der Waals surface area contributed by atoms with Gasteiger partial charge < -0.3 is 8.85 Å². The van der Waals surface area contributed by atoms with Crippen molar-refractivity contribution in [2.24, 2.45) is 5.92 Å². The summed E-state index contributed by atoms with van der Waals surface area (Å²) in [4.78, 5) is 10.7. The Bertz CT molecular complexity index is 187. The summed E-state index contributed by atoms with van der Waals surface area (Å²) in [6.45, 7) is 11.4. The average Bonchev–Trinajstić information content (AvgIpc) is 2.03. The minimum atomic E-state index is -1.21. The monoisotopic (exact) mass is 202 g/mol. The maximum atomic E-state index is 10.7. The second-order valence-electron chi connectivity index (χ2n) is 3.69. The van der Waals surface area contributed by atoms with Crippen LogP contribution in [0.1, 0.15) is 27.7 Å². The molecule has 0 N–H and O–H groups in total. The van der Waals surface area contributed by atoms with Gasteiger partial charge >= 0.3 is 16.0 Å². The van der Waals surface area contributed by atoms with Gasteiger partial charge in [-0.3, -0.25) is 0 Å². The standard InChI is InChI=1S/C9H18O3Si/c1-6-8(10)11-13-12-9(4,5)7(2)3/h6-7H,1,13H2,2-5H3. The highest BCUT2D eigenvalue weighted by molar-refractivity contribution is 6.23. The Balaban J connectivity index is 3.76. The quantitative estimate of drug-likeness (QED) is 0.496. The van der Waals surface area contributed by atoms with Gasteiger partial charge in [0.25, 0.3) is 0 Å². The first kappa shape index (κ1) is 12.4. The predicted octanol–water partition coefficient (Wildman–Crippen LogP) is 1.17. The van der Waals surface area contributed by atoms with Crippen LogP contribution in [0.15, 0.2) is 12.7 Å². The fourth-order valence-corrected chi connectivity index (χ4v) is 1.40. The number of carbonyl (C=O) groups is 1. The van der Waals surface area contributed by atoms with Crippen LogP contribution in [0, 0.1) is 5.92 Å². The van der Waals surface area contributed by atoms with Gasteiger partial charge in [0, 0.05) is 6.08 Å². The molecule has 0 saturated heterocycles. The molecule has 0 unspecified atom stereocenters. The van der Waals surface area contributed by atoms with Crippen LogP contribution in [0.3, 0.4) is 0 Å². The molecule has 0 radical (unpaired) electrons. The van der Waals surface area contributed by atoms with Crippen LogP contribution >= 0.6 is 0 Å². The van der Waals surface area contributed by atoms with Crippen molar-refractivity contribution >= 4 is 16.0 Å². The number of carbonyl (C=O) groups excluding carboxylic acids is 1. The third-order valence-electron chi connectivity index (χ3n) is 2.19. The molecule has 0 aliphatic rings. The number of rotatable bonds is 5. The molecule has 0 aromatic carbocycles. The summed E-state index contributed by atoms with van der Waals surface area (Å²) in [6.07, 6.45) is 1.15. The highest BCUT2D eigenvalue weighted by atomic mass is 28.3. The molecule has 4 heteroatoms. The van der Waals surface area contributed by atoms with Crippen molar-refractivity contribution in [2.45, 2.75) is 33.3 Å². The van der Waals surface area contributed by atoms with E-state index in [2.05, 4.69) is 20.4 Å². The van der Waals surface area contributed by atoms with Crippen molar-refractivity contribution in [1.29, 1.82) is 0 Å². The fraction of sp³-hybridized carbons (Fsp3) is 0.667. The third-order valence-corrected chi connectivity index (χ3v) is 3.45. The molecule has 0 atom stereocenters. The highest BCUT2D eigenvalue weighted by Crippen LogP contribution is 2.19. The molecule has 0 aromatic heterocycles. The zero-order valence-electron chi connectivity index (χ0n) is 8.79. The number of hydrogen-bond acceptors (Lipinski definition) is 3. The molecule has 0 aromatic rings. The first-order valence-corrected chi connectivity index (χ1v) is 5.48. The van der Waals surface area contributed by atoms with E-state index in [9.17, 15) is 4.79 Å². The Morgan fingerprint density at radius 1 is 1.54 bits per heavy atom. The molecule has 0 amide bonds. The summed E-state index contributed by atoms with van der Waals surface area (Å²) in [5.41, 5.74) is -0.215. The SMILES string of the molecule is C=CC(=O)O[SiH2]OC(C)(C)C(C)C. The smallest absolute Gasteiger partial charge is 0.369 e. The van der Waals surface area contributed by atoms with Gasteiger partial charge in [-0.25, -0.2) is 4.79 Å². The van der Waals surface area contributed by atoms with Crippen LogP contribution in [0.25, 0.3) is 0 Å². The first-order chi connectivity index (χ1) is 5.90. The van der Waals surface area contributed by atoms with E-state index < -0.39 is 16.0 Å². The van der Waals surface area contributed by atoms with Crippen molar-refractivity contribution in [1.82, 2.24) is 0 Å². The van der Waals surface area contributed by atoms with Gasteiger partial charge in [0.1, 0.15) is 0 Å². The molecule has 13 heavy (non-hydrogen) atoms. The lowest BCUT2D eigenvalue weighted by Crippen LogP contribution is -2.33. The Morgan fingerprint density at radius 3 is 2.46 bits per heavy atom. The van der Waals surface area contributed by atoms with Gasteiger partial charge in [0.2, 0.25) is 0 Å². The van der Waals surface area contributed by atoms with E-state index in [1.165, 1.54) is 0 Å². The van der Waals surface area contributed by atoms with Gasteiger partial charge in [-0.05, 0) is 19.8 Å². The van der Waals surface area contributed by atoms with E-state index >= 15 is 0 Å². The zero-order valence-corrected chi connectivity index (χ0v) is 10.2. The summed E-state index contributed by atoms with van der Waals surface area (Å²) >= 11 is 0. The maximum absolute atomic E-state index is 10.7. The van der Waals surface area contributed by atoms with Crippen molar-refractivity contribution in [3.63, 3.8) is 0 Å². The van der Waals surface area contributed by atoms with E-state index in [0.717, 1.165) is 6.08 Å². The minimum Gasteiger partial charge on any atom is -0.496 e. The van der Waals surface area contributed by atoms with Crippen LogP contribution in [0.2, 0.25) is 0 Å². The lowest BCUT2D eigenvalue weighted by Gasteiger charge is -2.29. The summed E-state index contributed by atoms with van der Waals surface area (Å²) in [6, 6.07) is 0. The largest absolute Gasteiger partial charge is 0.496 e. The molecule has 0 rings (SSSR count). The lowest BCUT2D eigenvalue weighted by molar-refractivity contribution is -0.130. The second-order valence-corrected chi connectivity index (χ2v) is 4.50. The molecule has 0 aliphatic carbocycles. The average molecular weight is 202 g/mol. The second kappa shape index (κ2) is 5.19. The number of hydrogen-bond donors (Lipinski definition) is 0. The molecule has 0 spiro atoms. The zero-order chi connectivity index (χ0) is 10.5. The predicted molar refractivity (Wildman–Crippen MR) is 54.8 cm³/mol. The van der Waals surface area contributed by atoms with Gasteiger partial charge in [-0.15, -0.1) is 0 Å². The topological polar surface area (TPSA) is 35.5 Å². The summed E-state index contributed by atoms with van der Waals surface area (Å²) in [7, 11) is -1.21. The van der Waals surface area contributed by atoms with Crippen LogP contribution in [0.5, 0.6) is 0 Å². The Hall–Kier alpha value is -0.613. The molecule has 0 saturated carbocycles. The van der Waals surface area contributed by atoms with Crippen LogP contribution in [-0.4, -0.2) is 21.6 Å². The van der Waals surface area contributed by atoms with Gasteiger partial charge in [0.05, 0.1) is 5.60 Å². The van der Waals surface area contributed by atoms with E-state index in [-0.39, 0.29) is 5.60 Å². The Kier molecular flexibility index (Phi) is 4.94. The van der Waals surface area contributed by atoms with E-state index in [4.69, 9.17) is 8.85 Å². The van der Waals surface area contributed by atoms with Gasteiger partial charge in [-0.2, -0.15) is 0 Å². The van der Waals surface area contributed by atoms with Gasteiger partial charge in [0.15, 0.2) is 0 Å². The fourth-order valence-electron chi connectivity index (χ4n) is 0.465. The lowest BCUT2D eigenvalue weighted by atomic mass is 9.95. The van der Waals surface area contributed by atoms with Crippen molar-refractivity contribution in [3.8, 4) is 0 Å². The van der Waals surface area contributed by atoms with Crippen molar-refractivity contribution in [3.05, 3.63) is 12.7 Å². The first-order valence-electron chi connectivity index (χ1n) is 4.33. The van der Waals surface area contributed by atoms with Crippen molar-refractivity contribution in [2.75, 3.05) is 0 Å². The molecule has 0 fully saturated rings. The van der Waals surface area contributed by atoms with Gasteiger partial charge in [-0.1, -0.05) is 20.4 Å². The molecule has 76 valence electrons. The minimum absolute atomic E-state index is 0.215. The maximum Gasteiger partial charge on any atom is 0.369 e. The van der Waals surface area contributed by atoms with E-state index in [1.807, 2.05) is 13.8 Å². The van der Waals surface area contributed by atoms with Crippen LogP contribution in [-0.2, 0) is 13.6 Å². The normalized spacial score (nSPS) is 12.4. The summed E-state index contributed by atoms with van der Waals surface area (Å²) in [5, 5.41) is 0. The van der Waals surface area contributed by atoms with Crippen LogP contribution in [0.4, 0.5) is 0 Å². The summed E-state index contributed by atoms with van der Waals surface area (Å²) < 4.78 is 10.3. The van der Waals surface area contributed by atoms with Crippen molar-refractivity contribution < 1.29 is 13.6 Å². The summed E-state index contributed by atoms with van der Waals surface area (Å²) in [5.74, 6) is 0.00801. The third kappa shape index (κ3) is 4.85. The Labute approximate surface area is 82.2 Å².